The lowest BCUT2D eigenvalue weighted by Gasteiger charge is -2.02. The SMILES string of the molecule is C[C@@H](N)C(=O)Nc1nnc(-c2ccccc2)s1. The van der Waals surface area contributed by atoms with Crippen molar-refractivity contribution in [1.82, 2.24) is 10.2 Å². The van der Waals surface area contributed by atoms with Crippen molar-refractivity contribution in [3.63, 3.8) is 0 Å². The Bertz CT molecular complexity index is 509. The molecular weight excluding hydrogens is 236 g/mol. The van der Waals surface area contributed by atoms with E-state index in [2.05, 4.69) is 15.5 Å². The molecule has 0 aliphatic heterocycles. The number of rotatable bonds is 3. The zero-order valence-corrected chi connectivity index (χ0v) is 10.1. The molecular formula is C11H12N4OS. The highest BCUT2D eigenvalue weighted by molar-refractivity contribution is 7.18. The second-order valence-corrected chi connectivity index (χ2v) is 4.53. The molecule has 6 heteroatoms. The van der Waals surface area contributed by atoms with Gasteiger partial charge in [-0.25, -0.2) is 0 Å². The molecule has 0 fully saturated rings. The fraction of sp³-hybridized carbons (Fsp3) is 0.182. The van der Waals surface area contributed by atoms with E-state index in [0.717, 1.165) is 10.6 Å². The van der Waals surface area contributed by atoms with E-state index in [1.165, 1.54) is 11.3 Å². The number of anilines is 1. The third-order valence-corrected chi connectivity index (χ3v) is 2.98. The molecule has 88 valence electrons. The van der Waals surface area contributed by atoms with Gasteiger partial charge in [0.15, 0.2) is 0 Å². The van der Waals surface area contributed by atoms with Gasteiger partial charge in [-0.2, -0.15) is 0 Å². The van der Waals surface area contributed by atoms with E-state index in [1.54, 1.807) is 6.92 Å². The average molecular weight is 248 g/mol. The molecule has 3 N–H and O–H groups in total. The standard InChI is InChI=1S/C11H12N4OS/c1-7(12)9(16)13-11-15-14-10(17-11)8-5-3-2-4-6-8/h2-7H,12H2,1H3,(H,13,15,16)/t7-/m1/s1. The lowest BCUT2D eigenvalue weighted by atomic mass is 10.2. The van der Waals surface area contributed by atoms with Crippen LogP contribution < -0.4 is 11.1 Å². The maximum Gasteiger partial charge on any atom is 0.242 e. The maximum atomic E-state index is 11.4. The van der Waals surface area contributed by atoms with Crippen molar-refractivity contribution in [2.75, 3.05) is 5.32 Å². The van der Waals surface area contributed by atoms with Crippen LogP contribution in [0.3, 0.4) is 0 Å². The van der Waals surface area contributed by atoms with E-state index in [1.807, 2.05) is 30.3 Å². The molecule has 1 atom stereocenters. The van der Waals surface area contributed by atoms with E-state index in [9.17, 15) is 4.79 Å². The Hall–Kier alpha value is -1.79. The van der Waals surface area contributed by atoms with Crippen LogP contribution in [0.15, 0.2) is 30.3 Å². The number of hydrogen-bond donors (Lipinski definition) is 2. The fourth-order valence-electron chi connectivity index (χ4n) is 1.19. The summed E-state index contributed by atoms with van der Waals surface area (Å²) in [6.45, 7) is 1.62. The largest absolute Gasteiger partial charge is 0.320 e. The van der Waals surface area contributed by atoms with Crippen molar-refractivity contribution in [1.29, 1.82) is 0 Å². The van der Waals surface area contributed by atoms with Crippen molar-refractivity contribution in [3.8, 4) is 10.6 Å². The number of benzene rings is 1. The van der Waals surface area contributed by atoms with Gasteiger partial charge in [-0.1, -0.05) is 41.7 Å². The first-order valence-electron chi connectivity index (χ1n) is 5.12. The van der Waals surface area contributed by atoms with Gasteiger partial charge in [0.05, 0.1) is 6.04 Å². The second-order valence-electron chi connectivity index (χ2n) is 3.56. The Kier molecular flexibility index (Phi) is 3.46. The minimum absolute atomic E-state index is 0.263. The van der Waals surface area contributed by atoms with Crippen LogP contribution in [0.2, 0.25) is 0 Å². The van der Waals surface area contributed by atoms with Crippen molar-refractivity contribution in [2.24, 2.45) is 5.73 Å². The van der Waals surface area contributed by atoms with Crippen molar-refractivity contribution >= 4 is 22.4 Å². The highest BCUT2D eigenvalue weighted by Crippen LogP contribution is 2.25. The molecule has 0 bridgehead atoms. The number of nitrogens with two attached hydrogens (primary N) is 1. The van der Waals surface area contributed by atoms with Crippen LogP contribution in [-0.2, 0) is 4.79 Å². The van der Waals surface area contributed by atoms with Crippen LogP contribution >= 0.6 is 11.3 Å². The first-order valence-corrected chi connectivity index (χ1v) is 5.94. The Morgan fingerprint density at radius 2 is 2.06 bits per heavy atom. The number of amides is 1. The van der Waals surface area contributed by atoms with Gasteiger partial charge in [0.25, 0.3) is 0 Å². The van der Waals surface area contributed by atoms with Gasteiger partial charge in [-0.15, -0.1) is 10.2 Å². The molecule has 1 heterocycles. The molecule has 1 amide bonds. The predicted octanol–water partition coefficient (Wildman–Crippen LogP) is 1.49. The zero-order valence-electron chi connectivity index (χ0n) is 9.25. The van der Waals surface area contributed by atoms with E-state index in [0.29, 0.717) is 5.13 Å². The molecule has 0 spiro atoms. The van der Waals surface area contributed by atoms with E-state index in [4.69, 9.17) is 5.73 Å². The molecule has 2 rings (SSSR count). The monoisotopic (exact) mass is 248 g/mol. The Labute approximate surface area is 103 Å². The van der Waals surface area contributed by atoms with Crippen LogP contribution in [-0.4, -0.2) is 22.1 Å². The van der Waals surface area contributed by atoms with Crippen LogP contribution in [0.5, 0.6) is 0 Å². The minimum Gasteiger partial charge on any atom is -0.320 e. The van der Waals surface area contributed by atoms with E-state index in [-0.39, 0.29) is 5.91 Å². The van der Waals surface area contributed by atoms with Crippen LogP contribution in [0.25, 0.3) is 10.6 Å². The number of nitrogens with zero attached hydrogens (tertiary/aromatic N) is 2. The molecule has 0 unspecified atom stereocenters. The van der Waals surface area contributed by atoms with Crippen molar-refractivity contribution in [2.45, 2.75) is 13.0 Å². The second kappa shape index (κ2) is 5.03. The molecule has 0 saturated carbocycles. The molecule has 1 aromatic heterocycles. The average Bonchev–Trinajstić information content (AvgIpc) is 2.78. The molecule has 17 heavy (non-hydrogen) atoms. The lowest BCUT2D eigenvalue weighted by molar-refractivity contribution is -0.117. The number of aromatic nitrogens is 2. The topological polar surface area (TPSA) is 80.9 Å². The summed E-state index contributed by atoms with van der Waals surface area (Å²) in [6, 6.07) is 9.12. The molecule has 0 radical (unpaired) electrons. The molecule has 5 nitrogen and oxygen atoms in total. The van der Waals surface area contributed by atoms with Gasteiger partial charge >= 0.3 is 0 Å². The third kappa shape index (κ3) is 2.86. The van der Waals surface area contributed by atoms with Crippen LogP contribution in [0.1, 0.15) is 6.92 Å². The molecule has 0 aliphatic rings. The fourth-order valence-corrected chi connectivity index (χ4v) is 1.94. The van der Waals surface area contributed by atoms with Gasteiger partial charge in [0, 0.05) is 5.56 Å². The highest BCUT2D eigenvalue weighted by atomic mass is 32.1. The van der Waals surface area contributed by atoms with Gasteiger partial charge in [-0.05, 0) is 6.92 Å². The van der Waals surface area contributed by atoms with Crippen molar-refractivity contribution in [3.05, 3.63) is 30.3 Å². The number of hydrogen-bond acceptors (Lipinski definition) is 5. The molecule has 1 aromatic carbocycles. The van der Waals surface area contributed by atoms with E-state index < -0.39 is 6.04 Å². The molecule has 2 aromatic rings. The lowest BCUT2D eigenvalue weighted by Crippen LogP contribution is -2.32. The zero-order chi connectivity index (χ0) is 12.3. The van der Waals surface area contributed by atoms with Gasteiger partial charge < -0.3 is 5.73 Å². The number of carbonyl (C=O) groups is 1. The Morgan fingerprint density at radius 1 is 1.35 bits per heavy atom. The smallest absolute Gasteiger partial charge is 0.242 e. The highest BCUT2D eigenvalue weighted by Gasteiger charge is 2.11. The summed E-state index contributed by atoms with van der Waals surface area (Å²) in [5.41, 5.74) is 6.42. The Morgan fingerprint density at radius 3 is 2.71 bits per heavy atom. The van der Waals surface area contributed by atoms with Crippen LogP contribution in [0.4, 0.5) is 5.13 Å². The summed E-state index contributed by atoms with van der Waals surface area (Å²) in [4.78, 5) is 11.4. The summed E-state index contributed by atoms with van der Waals surface area (Å²) in [5, 5.41) is 11.8. The van der Waals surface area contributed by atoms with Crippen LogP contribution in [0, 0.1) is 0 Å². The summed E-state index contributed by atoms with van der Waals surface area (Å²) in [5.74, 6) is -0.263. The van der Waals surface area contributed by atoms with Gasteiger partial charge in [0.2, 0.25) is 11.0 Å². The maximum absolute atomic E-state index is 11.4. The third-order valence-electron chi connectivity index (χ3n) is 2.09. The first kappa shape index (κ1) is 11.7. The normalized spacial score (nSPS) is 12.1. The number of carbonyl (C=O) groups excluding carboxylic acids is 1. The summed E-state index contributed by atoms with van der Waals surface area (Å²) < 4.78 is 0. The summed E-state index contributed by atoms with van der Waals surface area (Å²) >= 11 is 1.32. The molecule has 0 aliphatic carbocycles. The Balaban J connectivity index is 2.14. The quantitative estimate of drug-likeness (QED) is 0.862. The number of nitrogens with one attached hydrogen (secondary N) is 1. The first-order chi connectivity index (χ1) is 8.16. The van der Waals surface area contributed by atoms with E-state index >= 15 is 0 Å². The predicted molar refractivity (Wildman–Crippen MR) is 67.6 cm³/mol. The van der Waals surface area contributed by atoms with Crippen molar-refractivity contribution < 1.29 is 4.79 Å². The minimum atomic E-state index is -0.556. The van der Waals surface area contributed by atoms with Gasteiger partial charge in [-0.3, -0.25) is 10.1 Å². The van der Waals surface area contributed by atoms with Gasteiger partial charge in [0.1, 0.15) is 5.01 Å². The summed E-state index contributed by atoms with van der Waals surface area (Å²) in [6.07, 6.45) is 0. The summed E-state index contributed by atoms with van der Waals surface area (Å²) in [7, 11) is 0. The molecule has 0 saturated heterocycles.